The zero-order valence-electron chi connectivity index (χ0n) is 7.76. The fraction of sp³-hybridized carbons (Fsp3) is 0.778. The highest BCUT2D eigenvalue weighted by Crippen LogP contribution is 2.34. The van der Waals surface area contributed by atoms with Gasteiger partial charge in [-0.15, -0.1) is 0 Å². The number of hydrogen-bond acceptors (Lipinski definition) is 2. The molecule has 0 spiro atoms. The van der Waals surface area contributed by atoms with Gasteiger partial charge in [0.05, 0.1) is 0 Å². The van der Waals surface area contributed by atoms with Gasteiger partial charge in [0.25, 0.3) is 0 Å². The molecular weight excluding hydrogens is 408 g/mol. The normalized spacial score (nSPS) is 31.0. The number of amides is 1. The Bertz CT molecular complexity index is 211. The van der Waals surface area contributed by atoms with Crippen molar-refractivity contribution in [2.75, 3.05) is 6.54 Å². The zero-order valence-corrected chi connectivity index (χ0v) is 12.1. The smallest absolute Gasteiger partial charge is 0.223 e. The third kappa shape index (κ3) is 2.80. The van der Waals surface area contributed by atoms with Crippen molar-refractivity contribution in [1.29, 1.82) is 0 Å². The Hall–Kier alpha value is 0.600. The quantitative estimate of drug-likeness (QED) is 0.611. The fourth-order valence-corrected chi connectivity index (χ4v) is 2.28. The van der Waals surface area contributed by atoms with Crippen molar-refractivity contribution in [3.63, 3.8) is 0 Å². The van der Waals surface area contributed by atoms with Crippen LogP contribution in [0.25, 0.3) is 0 Å². The lowest BCUT2D eigenvalue weighted by Crippen LogP contribution is -2.30. The van der Waals surface area contributed by atoms with E-state index in [0.29, 0.717) is 13.0 Å². The van der Waals surface area contributed by atoms with Crippen LogP contribution in [0.2, 0.25) is 0 Å². The van der Waals surface area contributed by atoms with Gasteiger partial charge in [0.1, 0.15) is 5.78 Å². The number of carbonyl (C=O) groups is 2. The molecule has 0 bridgehead atoms. The summed E-state index contributed by atoms with van der Waals surface area (Å²) in [4.78, 5) is 22.8. The zero-order chi connectivity index (χ0) is 10.6. The van der Waals surface area contributed by atoms with Crippen molar-refractivity contribution in [2.24, 2.45) is 11.8 Å². The molecule has 1 N–H and O–H groups in total. The lowest BCUT2D eigenvalue weighted by molar-refractivity contribution is -0.129. The second kappa shape index (κ2) is 6.24. The minimum Gasteiger partial charge on any atom is -0.355 e. The van der Waals surface area contributed by atoms with E-state index in [1.807, 2.05) is 0 Å². The molecule has 14 heavy (non-hydrogen) atoms. The van der Waals surface area contributed by atoms with Crippen LogP contribution in [0.4, 0.5) is 0 Å². The highest BCUT2D eigenvalue weighted by molar-refractivity contribution is 15.0. The summed E-state index contributed by atoms with van der Waals surface area (Å²) >= 11 is 4.24. The number of halogens is 2. The molecule has 1 aliphatic carbocycles. The van der Waals surface area contributed by atoms with Gasteiger partial charge in [0.15, 0.2) is 0 Å². The van der Waals surface area contributed by atoms with Gasteiger partial charge < -0.3 is 5.32 Å². The number of Topliss-reactive ketones (excluding diaryl/α,β-unsaturated/α-hetero) is 1. The summed E-state index contributed by atoms with van der Waals surface area (Å²) in [6, 6.07) is 0. The molecule has 0 aromatic heterocycles. The predicted octanol–water partition coefficient (Wildman–Crippen LogP) is 2.26. The average molecular weight is 421 g/mol. The number of nitrogens with one attached hydrogen (secondary N) is 1. The van der Waals surface area contributed by atoms with Gasteiger partial charge in [0, 0.05) is 62.0 Å². The van der Waals surface area contributed by atoms with E-state index in [-0.39, 0.29) is 23.5 Å². The SMILES string of the molecule is II.O=C1CCNC(=O)C2CCCC12. The molecule has 0 radical (unpaired) electrons. The van der Waals surface area contributed by atoms with E-state index in [2.05, 4.69) is 42.5 Å². The van der Waals surface area contributed by atoms with E-state index >= 15 is 0 Å². The van der Waals surface area contributed by atoms with E-state index in [1.54, 1.807) is 0 Å². The van der Waals surface area contributed by atoms with Crippen molar-refractivity contribution >= 4 is 48.9 Å². The van der Waals surface area contributed by atoms with Crippen LogP contribution >= 0.6 is 37.2 Å². The molecule has 2 atom stereocenters. The van der Waals surface area contributed by atoms with E-state index < -0.39 is 0 Å². The molecule has 0 aromatic rings. The minimum atomic E-state index is -0.000000000000000444. The van der Waals surface area contributed by atoms with Crippen molar-refractivity contribution < 1.29 is 9.59 Å². The molecule has 5 heteroatoms. The van der Waals surface area contributed by atoms with E-state index in [0.717, 1.165) is 19.3 Å². The number of fused-ring (bicyclic) bond motifs is 1. The van der Waals surface area contributed by atoms with E-state index in [4.69, 9.17) is 0 Å². The summed E-state index contributed by atoms with van der Waals surface area (Å²) < 4.78 is 0. The van der Waals surface area contributed by atoms with Crippen LogP contribution in [0, 0.1) is 11.8 Å². The summed E-state index contributed by atoms with van der Waals surface area (Å²) in [5.74, 6) is 0.437. The van der Waals surface area contributed by atoms with Gasteiger partial charge in [0.2, 0.25) is 5.91 Å². The summed E-state index contributed by atoms with van der Waals surface area (Å²) in [6.45, 7) is 0.546. The molecule has 1 saturated heterocycles. The van der Waals surface area contributed by atoms with Crippen LogP contribution in [-0.4, -0.2) is 18.2 Å². The summed E-state index contributed by atoms with van der Waals surface area (Å²) in [5.41, 5.74) is 0. The van der Waals surface area contributed by atoms with Crippen LogP contribution in [0.3, 0.4) is 0 Å². The lowest BCUT2D eigenvalue weighted by atomic mass is 9.91. The van der Waals surface area contributed by atoms with Gasteiger partial charge in [-0.3, -0.25) is 9.59 Å². The first kappa shape index (κ1) is 12.7. The van der Waals surface area contributed by atoms with Gasteiger partial charge in [-0.05, 0) is 12.8 Å². The lowest BCUT2D eigenvalue weighted by Gasteiger charge is -2.11. The topological polar surface area (TPSA) is 46.2 Å². The molecule has 1 saturated carbocycles. The van der Waals surface area contributed by atoms with Crippen molar-refractivity contribution in [3.05, 3.63) is 0 Å². The Kier molecular flexibility index (Phi) is 5.65. The first-order valence-electron chi connectivity index (χ1n) is 4.74. The minimum absolute atomic E-state index is 0.000000000000000444. The molecular formula is C9H13I2NO2. The van der Waals surface area contributed by atoms with Crippen molar-refractivity contribution in [3.8, 4) is 0 Å². The van der Waals surface area contributed by atoms with Gasteiger partial charge in [-0.2, -0.15) is 0 Å². The van der Waals surface area contributed by atoms with Gasteiger partial charge >= 0.3 is 0 Å². The maximum atomic E-state index is 11.4. The van der Waals surface area contributed by atoms with E-state index in [9.17, 15) is 9.59 Å². The Morgan fingerprint density at radius 1 is 1.14 bits per heavy atom. The number of rotatable bonds is 0. The Balaban J connectivity index is 0.000000461. The largest absolute Gasteiger partial charge is 0.355 e. The Morgan fingerprint density at radius 3 is 2.50 bits per heavy atom. The first-order chi connectivity index (χ1) is 6.79. The molecule has 1 heterocycles. The van der Waals surface area contributed by atoms with E-state index in [1.165, 1.54) is 0 Å². The number of hydrogen-bond donors (Lipinski definition) is 1. The average Bonchev–Trinajstić information content (AvgIpc) is 2.64. The highest BCUT2D eigenvalue weighted by Gasteiger charge is 2.38. The number of carbonyl (C=O) groups excluding carboxylic acids is 2. The highest BCUT2D eigenvalue weighted by atomic mass is 128. The molecule has 80 valence electrons. The van der Waals surface area contributed by atoms with Crippen molar-refractivity contribution in [2.45, 2.75) is 25.7 Å². The van der Waals surface area contributed by atoms with Crippen LogP contribution < -0.4 is 5.32 Å². The molecule has 3 nitrogen and oxygen atoms in total. The fourth-order valence-electron chi connectivity index (χ4n) is 2.28. The molecule has 2 rings (SSSR count). The monoisotopic (exact) mass is 421 g/mol. The van der Waals surface area contributed by atoms with Crippen LogP contribution in [0.5, 0.6) is 0 Å². The molecule has 2 unspecified atom stereocenters. The Morgan fingerprint density at radius 2 is 1.79 bits per heavy atom. The second-order valence-corrected chi connectivity index (χ2v) is 3.65. The summed E-state index contributed by atoms with van der Waals surface area (Å²) in [7, 11) is 0. The first-order valence-corrected chi connectivity index (χ1v) is 11.0. The summed E-state index contributed by atoms with van der Waals surface area (Å²) in [6.07, 6.45) is 3.40. The predicted molar refractivity (Wildman–Crippen MR) is 71.5 cm³/mol. The van der Waals surface area contributed by atoms with Crippen LogP contribution in [0.1, 0.15) is 25.7 Å². The molecule has 0 aromatic carbocycles. The Labute approximate surface area is 107 Å². The third-order valence-electron chi connectivity index (χ3n) is 2.94. The molecule has 2 aliphatic rings. The van der Waals surface area contributed by atoms with Gasteiger partial charge in [-0.25, -0.2) is 0 Å². The van der Waals surface area contributed by atoms with Crippen LogP contribution in [0.15, 0.2) is 0 Å². The molecule has 1 aliphatic heterocycles. The standard InChI is InChI=1S/C9H13NO2.I2/c11-8-4-5-10-9(12)7-3-1-2-6(7)8;1-2/h6-7H,1-5H2,(H,10,12);. The molecule has 1 amide bonds. The third-order valence-corrected chi connectivity index (χ3v) is 2.94. The number of ketones is 1. The summed E-state index contributed by atoms with van der Waals surface area (Å²) in [5, 5.41) is 2.79. The van der Waals surface area contributed by atoms with Crippen molar-refractivity contribution in [1.82, 2.24) is 5.32 Å². The maximum absolute atomic E-state index is 11.4. The molecule has 2 fully saturated rings. The second-order valence-electron chi connectivity index (χ2n) is 3.65. The van der Waals surface area contributed by atoms with Crippen LogP contribution in [-0.2, 0) is 9.59 Å². The maximum Gasteiger partial charge on any atom is 0.223 e. The van der Waals surface area contributed by atoms with Gasteiger partial charge in [-0.1, -0.05) is 6.42 Å².